The average Bonchev–Trinajstić information content (AvgIpc) is 2.96. The minimum Gasteiger partial charge on any atom is -0.267 e. The molecule has 2 heteroatoms. The van der Waals surface area contributed by atoms with Gasteiger partial charge in [-0.25, -0.2) is 0 Å². The Kier molecular flexibility index (Phi) is 5.66. The molecule has 2 aliphatic rings. The zero-order valence-corrected chi connectivity index (χ0v) is 14.6. The van der Waals surface area contributed by atoms with Crippen LogP contribution in [-0.2, 0) is 0 Å². The number of hydrogen-bond acceptors (Lipinski definition) is 1. The van der Waals surface area contributed by atoms with Crippen molar-refractivity contribution in [3.05, 3.63) is 23.3 Å². The fraction of sp³-hybridized carbons (Fsp3) is 0.737. The summed E-state index contributed by atoms with van der Waals surface area (Å²) in [5, 5.41) is 0. The van der Waals surface area contributed by atoms with Gasteiger partial charge in [-0.2, -0.15) is 0 Å². The smallest absolute Gasteiger partial charge is 0.234 e. The van der Waals surface area contributed by atoms with Crippen molar-refractivity contribution < 1.29 is 4.58 Å². The van der Waals surface area contributed by atoms with Crippen molar-refractivity contribution in [1.29, 1.82) is 0 Å². The molecule has 1 heterocycles. The van der Waals surface area contributed by atoms with Gasteiger partial charge in [0.25, 0.3) is 0 Å². The second kappa shape index (κ2) is 7.29. The van der Waals surface area contributed by atoms with Crippen LogP contribution >= 0.6 is 0 Å². The maximum atomic E-state index is 2.57. The van der Waals surface area contributed by atoms with Gasteiger partial charge in [0, 0.05) is 5.92 Å². The van der Waals surface area contributed by atoms with Gasteiger partial charge in [-0.05, 0) is 51.9 Å². The Labute approximate surface area is 131 Å². The Bertz CT molecular complexity index is 440. The van der Waals surface area contributed by atoms with E-state index in [0.717, 1.165) is 17.8 Å². The van der Waals surface area contributed by atoms with E-state index in [1.54, 1.807) is 5.57 Å². The van der Waals surface area contributed by atoms with E-state index >= 15 is 0 Å². The predicted molar refractivity (Wildman–Crippen MR) is 91.9 cm³/mol. The van der Waals surface area contributed by atoms with Crippen LogP contribution in [-0.4, -0.2) is 42.5 Å². The highest BCUT2D eigenvalue weighted by Crippen LogP contribution is 2.39. The second-order valence-electron chi connectivity index (χ2n) is 7.36. The van der Waals surface area contributed by atoms with Gasteiger partial charge in [-0.3, -0.25) is 9.48 Å². The van der Waals surface area contributed by atoms with Gasteiger partial charge in [0.05, 0.1) is 13.6 Å². The lowest BCUT2D eigenvalue weighted by atomic mass is 9.93. The van der Waals surface area contributed by atoms with E-state index < -0.39 is 0 Å². The predicted octanol–water partition coefficient (Wildman–Crippen LogP) is 3.94. The van der Waals surface area contributed by atoms with Gasteiger partial charge in [0.1, 0.15) is 13.1 Å². The molecule has 1 aliphatic carbocycles. The first-order chi connectivity index (χ1) is 9.97. The first-order valence-electron chi connectivity index (χ1n) is 8.59. The maximum absolute atomic E-state index is 2.57. The van der Waals surface area contributed by atoms with Gasteiger partial charge >= 0.3 is 0 Å². The highest BCUT2D eigenvalue weighted by Gasteiger charge is 2.35. The summed E-state index contributed by atoms with van der Waals surface area (Å²) in [5.41, 5.74) is 3.04. The fourth-order valence-corrected chi connectivity index (χ4v) is 3.83. The van der Waals surface area contributed by atoms with E-state index in [0.29, 0.717) is 0 Å². The quantitative estimate of drug-likeness (QED) is 0.549. The van der Waals surface area contributed by atoms with Crippen LogP contribution < -0.4 is 0 Å². The van der Waals surface area contributed by atoms with Gasteiger partial charge in [-0.1, -0.05) is 30.2 Å². The molecule has 1 fully saturated rings. The highest BCUT2D eigenvalue weighted by atomic mass is 15.3. The molecule has 2 nitrogen and oxygen atoms in total. The maximum Gasteiger partial charge on any atom is 0.234 e. The number of hydrogen-bond donors (Lipinski definition) is 0. The topological polar surface area (TPSA) is 6.25 Å². The monoisotopic (exact) mass is 289 g/mol. The average molecular weight is 289 g/mol. The molecule has 1 aliphatic heterocycles. The van der Waals surface area contributed by atoms with Crippen LogP contribution in [0.3, 0.4) is 0 Å². The molecule has 0 aromatic heterocycles. The van der Waals surface area contributed by atoms with Crippen molar-refractivity contribution in [3.8, 4) is 0 Å². The summed E-state index contributed by atoms with van der Waals surface area (Å²) in [6.07, 6.45) is 11.3. The fourth-order valence-electron chi connectivity index (χ4n) is 3.83. The molecule has 0 bridgehead atoms. The summed E-state index contributed by atoms with van der Waals surface area (Å²) in [7, 11) is 2.18. The zero-order chi connectivity index (χ0) is 15.4. The molecule has 118 valence electrons. The lowest BCUT2D eigenvalue weighted by molar-refractivity contribution is -0.482. The number of rotatable bonds is 5. The molecule has 21 heavy (non-hydrogen) atoms. The molecule has 3 unspecified atom stereocenters. The minimum absolute atomic E-state index is 0.768. The van der Waals surface area contributed by atoms with E-state index in [1.807, 2.05) is 0 Å². The second-order valence-corrected chi connectivity index (χ2v) is 7.36. The normalized spacial score (nSPS) is 29.8. The van der Waals surface area contributed by atoms with Crippen molar-refractivity contribution in [3.63, 3.8) is 0 Å². The Morgan fingerprint density at radius 3 is 2.57 bits per heavy atom. The van der Waals surface area contributed by atoms with Crippen LogP contribution in [0, 0.1) is 17.8 Å². The Morgan fingerprint density at radius 1 is 1.24 bits per heavy atom. The van der Waals surface area contributed by atoms with Crippen LogP contribution in [0.25, 0.3) is 0 Å². The van der Waals surface area contributed by atoms with Crippen molar-refractivity contribution in [2.45, 2.75) is 47.0 Å². The third-order valence-electron chi connectivity index (χ3n) is 4.98. The molecule has 0 saturated heterocycles. The van der Waals surface area contributed by atoms with Crippen molar-refractivity contribution in [1.82, 2.24) is 4.90 Å². The van der Waals surface area contributed by atoms with Crippen LogP contribution in [0.2, 0.25) is 0 Å². The third kappa shape index (κ3) is 4.72. The first-order valence-corrected chi connectivity index (χ1v) is 8.59. The van der Waals surface area contributed by atoms with E-state index in [4.69, 9.17) is 0 Å². The van der Waals surface area contributed by atoms with Crippen LogP contribution in [0.15, 0.2) is 23.3 Å². The molecule has 2 rings (SSSR count). The van der Waals surface area contributed by atoms with Gasteiger partial charge in [0.15, 0.2) is 0 Å². The molecule has 0 N–H and O–H groups in total. The van der Waals surface area contributed by atoms with Gasteiger partial charge < -0.3 is 0 Å². The van der Waals surface area contributed by atoms with E-state index in [9.17, 15) is 0 Å². The van der Waals surface area contributed by atoms with E-state index in [-0.39, 0.29) is 0 Å². The van der Waals surface area contributed by atoms with Crippen molar-refractivity contribution in [2.75, 3.05) is 26.7 Å². The lowest BCUT2D eigenvalue weighted by Gasteiger charge is -2.19. The molecular formula is C19H33N2+. The standard InChI is InChI=1S/C19H33N2/c1-6-16(4)10-18-11-17(9-15(2)3)12-19(18)13-21-8-7-20(5)14-21/h9-10,14,17-19H,6-8,11-13H2,1-5H3/q+1/b16-10+. The summed E-state index contributed by atoms with van der Waals surface area (Å²) in [6.45, 7) is 12.6. The molecule has 0 aromatic rings. The molecule has 0 amide bonds. The summed E-state index contributed by atoms with van der Waals surface area (Å²) in [4.78, 5) is 2.53. The van der Waals surface area contributed by atoms with Crippen molar-refractivity contribution >= 4 is 6.34 Å². The number of nitrogens with zero attached hydrogens (tertiary/aromatic N) is 2. The van der Waals surface area contributed by atoms with Crippen LogP contribution in [0.4, 0.5) is 0 Å². The minimum atomic E-state index is 0.768. The molecule has 0 spiro atoms. The Hall–Kier alpha value is -1.05. The Morgan fingerprint density at radius 2 is 2.00 bits per heavy atom. The first kappa shape index (κ1) is 16.3. The zero-order valence-electron chi connectivity index (χ0n) is 14.6. The van der Waals surface area contributed by atoms with Gasteiger partial charge in [-0.15, -0.1) is 0 Å². The molecule has 0 aromatic carbocycles. The van der Waals surface area contributed by atoms with E-state index in [1.165, 1.54) is 44.5 Å². The summed E-state index contributed by atoms with van der Waals surface area (Å²) in [5.74, 6) is 2.37. The van der Waals surface area contributed by atoms with Crippen LogP contribution in [0.5, 0.6) is 0 Å². The number of allylic oxidation sites excluding steroid dienone is 4. The molecule has 3 atom stereocenters. The summed E-state index contributed by atoms with van der Waals surface area (Å²) >= 11 is 0. The third-order valence-corrected chi connectivity index (χ3v) is 4.98. The summed E-state index contributed by atoms with van der Waals surface area (Å²) < 4.78 is 2.31. The molecule has 1 saturated carbocycles. The SMILES string of the molecule is CC/C(C)=C/C1CC(C=C(C)C)CC1CN1C=[N+](C)CC1. The number of likely N-dealkylation sites (N-methyl/N-ethyl adjacent to an activating group) is 1. The van der Waals surface area contributed by atoms with Gasteiger partial charge in [0.2, 0.25) is 6.34 Å². The summed E-state index contributed by atoms with van der Waals surface area (Å²) in [6, 6.07) is 0. The largest absolute Gasteiger partial charge is 0.267 e. The molecular weight excluding hydrogens is 256 g/mol. The molecule has 0 radical (unpaired) electrons. The highest BCUT2D eigenvalue weighted by molar-refractivity contribution is 5.50. The lowest BCUT2D eigenvalue weighted by Crippen LogP contribution is -2.28. The van der Waals surface area contributed by atoms with E-state index in [2.05, 4.69) is 62.7 Å². The Balaban J connectivity index is 2.05. The van der Waals surface area contributed by atoms with Crippen molar-refractivity contribution in [2.24, 2.45) is 17.8 Å². The van der Waals surface area contributed by atoms with Crippen LogP contribution in [0.1, 0.15) is 47.0 Å².